The number of aromatic nitrogens is 2. The number of carbonyl (C=O) groups excluding carboxylic acids is 1. The first-order valence-corrected chi connectivity index (χ1v) is 10.9. The van der Waals surface area contributed by atoms with Crippen molar-refractivity contribution >= 4 is 28.9 Å². The van der Waals surface area contributed by atoms with Crippen molar-refractivity contribution in [2.24, 2.45) is 11.3 Å². The summed E-state index contributed by atoms with van der Waals surface area (Å²) in [6, 6.07) is 3.02. The fraction of sp³-hybridized carbons (Fsp3) is 0.522. The van der Waals surface area contributed by atoms with Gasteiger partial charge in [0.2, 0.25) is 5.28 Å². The van der Waals surface area contributed by atoms with E-state index in [4.69, 9.17) is 17.3 Å². The number of benzene rings is 1. The molecule has 5 nitrogen and oxygen atoms in total. The summed E-state index contributed by atoms with van der Waals surface area (Å²) in [5, 5.41) is 3.27. The normalized spacial score (nSPS) is 17.2. The quantitative estimate of drug-likeness (QED) is 0.400. The SMILES string of the molecule is C[C@@H](Nc1nc(Cl)nc2c1CC(CCC(=O)C(C)(C)C)C2)c1cc(N)cc(C(F)(F)F)c1. The molecule has 1 aliphatic rings. The van der Waals surface area contributed by atoms with Gasteiger partial charge in [-0.25, -0.2) is 9.97 Å². The molecule has 1 aliphatic carbocycles. The van der Waals surface area contributed by atoms with Crippen molar-refractivity contribution < 1.29 is 18.0 Å². The molecule has 0 fully saturated rings. The van der Waals surface area contributed by atoms with E-state index in [1.165, 1.54) is 6.07 Å². The number of nitrogens with zero attached hydrogens (tertiary/aromatic N) is 2. The topological polar surface area (TPSA) is 80.9 Å². The lowest BCUT2D eigenvalue weighted by Crippen LogP contribution is -2.20. The second-order valence-corrected chi connectivity index (χ2v) is 9.84. The Hall–Kier alpha value is -2.35. The third-order valence-corrected chi connectivity index (χ3v) is 5.98. The van der Waals surface area contributed by atoms with Crippen LogP contribution in [0.3, 0.4) is 0 Å². The number of rotatable bonds is 6. The van der Waals surface area contributed by atoms with Crippen LogP contribution in [0.15, 0.2) is 18.2 Å². The molecule has 32 heavy (non-hydrogen) atoms. The summed E-state index contributed by atoms with van der Waals surface area (Å²) in [5.41, 5.74) is 6.69. The van der Waals surface area contributed by atoms with E-state index in [0.717, 1.165) is 29.8 Å². The Kier molecular flexibility index (Phi) is 6.75. The Morgan fingerprint density at radius 1 is 1.22 bits per heavy atom. The number of nitrogen functional groups attached to an aromatic ring is 1. The van der Waals surface area contributed by atoms with Crippen molar-refractivity contribution in [3.05, 3.63) is 45.9 Å². The summed E-state index contributed by atoms with van der Waals surface area (Å²) >= 11 is 6.12. The van der Waals surface area contributed by atoms with Gasteiger partial charge < -0.3 is 11.1 Å². The van der Waals surface area contributed by atoms with Gasteiger partial charge in [-0.2, -0.15) is 13.2 Å². The summed E-state index contributed by atoms with van der Waals surface area (Å²) in [5.74, 6) is 0.962. The van der Waals surface area contributed by atoms with Crippen molar-refractivity contribution in [3.8, 4) is 0 Å². The predicted octanol–water partition coefficient (Wildman–Crippen LogP) is 6.01. The summed E-state index contributed by atoms with van der Waals surface area (Å²) in [4.78, 5) is 20.9. The number of fused-ring (bicyclic) bond motifs is 1. The number of anilines is 2. The zero-order valence-electron chi connectivity index (χ0n) is 18.6. The van der Waals surface area contributed by atoms with E-state index in [2.05, 4.69) is 15.3 Å². The minimum atomic E-state index is -4.49. The molecular formula is C23H28ClF3N4O. The molecule has 2 aromatic rings. The van der Waals surface area contributed by atoms with Crippen LogP contribution in [0.4, 0.5) is 24.7 Å². The zero-order valence-corrected chi connectivity index (χ0v) is 19.4. The molecule has 0 saturated carbocycles. The highest BCUT2D eigenvalue weighted by Crippen LogP contribution is 2.37. The first kappa shape index (κ1) is 24.3. The number of Topliss-reactive ketones (excluding diaryl/α,β-unsaturated/α-hetero) is 1. The number of hydrogen-bond acceptors (Lipinski definition) is 5. The van der Waals surface area contributed by atoms with Gasteiger partial charge >= 0.3 is 6.18 Å². The van der Waals surface area contributed by atoms with Gasteiger partial charge in [0.1, 0.15) is 11.6 Å². The van der Waals surface area contributed by atoms with E-state index >= 15 is 0 Å². The van der Waals surface area contributed by atoms with Crippen molar-refractivity contribution in [2.75, 3.05) is 11.1 Å². The van der Waals surface area contributed by atoms with Gasteiger partial charge in [0.25, 0.3) is 0 Å². The van der Waals surface area contributed by atoms with Gasteiger partial charge in [0.15, 0.2) is 0 Å². The summed E-state index contributed by atoms with van der Waals surface area (Å²) in [7, 11) is 0. The van der Waals surface area contributed by atoms with Crippen LogP contribution in [0, 0.1) is 11.3 Å². The number of alkyl halides is 3. The molecule has 3 rings (SSSR count). The third-order valence-electron chi connectivity index (χ3n) is 5.81. The Balaban J connectivity index is 1.78. The lowest BCUT2D eigenvalue weighted by atomic mass is 9.86. The van der Waals surface area contributed by atoms with Gasteiger partial charge in [-0.1, -0.05) is 20.8 Å². The molecule has 0 spiro atoms. The number of hydrogen-bond donors (Lipinski definition) is 2. The molecule has 0 radical (unpaired) electrons. The first-order chi connectivity index (χ1) is 14.7. The van der Waals surface area contributed by atoms with Gasteiger partial charge in [0.05, 0.1) is 17.3 Å². The van der Waals surface area contributed by atoms with Crippen LogP contribution in [0.5, 0.6) is 0 Å². The maximum Gasteiger partial charge on any atom is 0.416 e. The van der Waals surface area contributed by atoms with Gasteiger partial charge in [-0.15, -0.1) is 0 Å². The monoisotopic (exact) mass is 468 g/mol. The highest BCUT2D eigenvalue weighted by atomic mass is 35.5. The average Bonchev–Trinajstić information content (AvgIpc) is 3.07. The van der Waals surface area contributed by atoms with Crippen LogP contribution in [-0.4, -0.2) is 15.8 Å². The van der Waals surface area contributed by atoms with Crippen molar-refractivity contribution in [1.82, 2.24) is 9.97 Å². The van der Waals surface area contributed by atoms with E-state index in [1.54, 1.807) is 6.92 Å². The Bertz CT molecular complexity index is 1020. The van der Waals surface area contributed by atoms with E-state index in [-0.39, 0.29) is 28.1 Å². The number of nitrogens with two attached hydrogens (primary N) is 1. The summed E-state index contributed by atoms with van der Waals surface area (Å²) < 4.78 is 39.5. The standard InChI is InChI=1S/C23H28ClF3N4O/c1-12(14-9-15(23(25,26)27)11-16(28)10-14)29-20-17-7-13(5-6-19(32)22(2,3)4)8-18(17)30-21(24)31-20/h9-13H,5-8,28H2,1-4H3,(H,29,30,31)/t12-,13?/m1/s1. The number of carbonyl (C=O) groups is 1. The maximum atomic E-state index is 13.2. The molecule has 2 atom stereocenters. The lowest BCUT2D eigenvalue weighted by Gasteiger charge is -2.19. The number of nitrogens with one attached hydrogen (secondary N) is 1. The molecule has 3 N–H and O–H groups in total. The van der Waals surface area contributed by atoms with Crippen LogP contribution >= 0.6 is 11.6 Å². The first-order valence-electron chi connectivity index (χ1n) is 10.6. The maximum absolute atomic E-state index is 13.2. The summed E-state index contributed by atoms with van der Waals surface area (Å²) in [6.07, 6.45) is -1.88. The van der Waals surface area contributed by atoms with Gasteiger partial charge in [0, 0.05) is 23.1 Å². The predicted molar refractivity (Wildman–Crippen MR) is 120 cm³/mol. The minimum Gasteiger partial charge on any atom is -0.399 e. The van der Waals surface area contributed by atoms with Crippen LogP contribution in [0.25, 0.3) is 0 Å². The lowest BCUT2D eigenvalue weighted by molar-refractivity contribution is -0.137. The Morgan fingerprint density at radius 2 is 1.91 bits per heavy atom. The number of ketones is 1. The van der Waals surface area contributed by atoms with Gasteiger partial charge in [-0.3, -0.25) is 4.79 Å². The molecular weight excluding hydrogens is 441 g/mol. The fourth-order valence-corrected chi connectivity index (χ4v) is 4.12. The molecule has 0 saturated heterocycles. The smallest absolute Gasteiger partial charge is 0.399 e. The van der Waals surface area contributed by atoms with E-state index < -0.39 is 17.8 Å². The van der Waals surface area contributed by atoms with Crippen molar-refractivity contribution in [3.63, 3.8) is 0 Å². The molecule has 1 aromatic heterocycles. The zero-order chi connectivity index (χ0) is 23.8. The molecule has 1 heterocycles. The highest BCUT2D eigenvalue weighted by Gasteiger charge is 2.32. The van der Waals surface area contributed by atoms with E-state index in [9.17, 15) is 18.0 Å². The van der Waals surface area contributed by atoms with Crippen molar-refractivity contribution in [1.29, 1.82) is 0 Å². The molecule has 0 bridgehead atoms. The average molecular weight is 469 g/mol. The molecule has 174 valence electrons. The Labute approximate surface area is 191 Å². The molecule has 1 unspecified atom stereocenters. The van der Waals surface area contributed by atoms with E-state index in [0.29, 0.717) is 30.6 Å². The van der Waals surface area contributed by atoms with Crippen LogP contribution < -0.4 is 11.1 Å². The Morgan fingerprint density at radius 3 is 2.53 bits per heavy atom. The molecule has 0 amide bonds. The molecule has 0 aliphatic heterocycles. The van der Waals surface area contributed by atoms with Crippen LogP contribution in [0.2, 0.25) is 5.28 Å². The van der Waals surface area contributed by atoms with Crippen LogP contribution in [0.1, 0.15) is 69.0 Å². The minimum absolute atomic E-state index is 0.0398. The van der Waals surface area contributed by atoms with Gasteiger partial charge in [-0.05, 0) is 67.5 Å². The van der Waals surface area contributed by atoms with Crippen molar-refractivity contribution in [2.45, 2.75) is 65.6 Å². The third kappa shape index (κ3) is 5.71. The second-order valence-electron chi connectivity index (χ2n) is 9.50. The largest absolute Gasteiger partial charge is 0.416 e. The molecule has 1 aromatic carbocycles. The van der Waals surface area contributed by atoms with Crippen LogP contribution in [-0.2, 0) is 23.8 Å². The second kappa shape index (κ2) is 8.89. The van der Waals surface area contributed by atoms with E-state index in [1.807, 2.05) is 20.8 Å². The highest BCUT2D eigenvalue weighted by molar-refractivity contribution is 6.28. The molecule has 9 heteroatoms. The number of halogens is 4. The summed E-state index contributed by atoms with van der Waals surface area (Å²) in [6.45, 7) is 7.47. The fourth-order valence-electron chi connectivity index (χ4n) is 3.93.